The van der Waals surface area contributed by atoms with Crippen LogP contribution >= 0.6 is 0 Å². The summed E-state index contributed by atoms with van der Waals surface area (Å²) in [5.41, 5.74) is 1.07. The second-order valence-electron chi connectivity index (χ2n) is 7.28. The number of para-hydroxylation sites is 1. The van der Waals surface area contributed by atoms with Crippen LogP contribution in [0.25, 0.3) is 0 Å². The number of likely N-dealkylation sites (tertiary alicyclic amines) is 1. The highest BCUT2D eigenvalue weighted by Gasteiger charge is 2.60. The molecule has 2 amide bonds. The predicted molar refractivity (Wildman–Crippen MR) is 99.6 cm³/mol. The van der Waals surface area contributed by atoms with Crippen LogP contribution in [0.5, 0.6) is 0 Å². The molecule has 1 spiro atoms. The number of oxazole rings is 1. The summed E-state index contributed by atoms with van der Waals surface area (Å²) < 4.78 is 7.09. The van der Waals surface area contributed by atoms with E-state index in [0.29, 0.717) is 24.6 Å². The third-order valence-corrected chi connectivity index (χ3v) is 5.90. The second-order valence-corrected chi connectivity index (χ2v) is 7.28. The minimum atomic E-state index is -0.886. The van der Waals surface area contributed by atoms with Crippen LogP contribution in [-0.2, 0) is 17.3 Å². The largest absolute Gasteiger partial charge is 0.448 e. The molecule has 8 nitrogen and oxygen atoms in total. The van der Waals surface area contributed by atoms with Gasteiger partial charge in [0.05, 0.1) is 0 Å². The standard InChI is InChI=1S/C20H19N5O3/c1-12-15(22-11-28-12)18(26)25-9-7-20(16(25)17-21-8-10-24(17)2)13-5-3-4-6-14(13)23-19(20)27/h3-6,8,10-11,16H,7,9H2,1-2H3,(H,23,27)/t16-,20+/m0/s1. The average molecular weight is 377 g/mol. The number of fused-ring (bicyclic) bond motifs is 2. The first-order valence-electron chi connectivity index (χ1n) is 9.13. The van der Waals surface area contributed by atoms with Crippen molar-refractivity contribution < 1.29 is 14.0 Å². The Kier molecular flexibility index (Phi) is 3.46. The molecule has 1 N–H and O–H groups in total. The number of aromatic nitrogens is 3. The minimum Gasteiger partial charge on any atom is -0.448 e. The van der Waals surface area contributed by atoms with E-state index in [1.165, 1.54) is 6.39 Å². The molecular weight excluding hydrogens is 358 g/mol. The van der Waals surface area contributed by atoms with Crippen LogP contribution < -0.4 is 5.32 Å². The van der Waals surface area contributed by atoms with Crippen molar-refractivity contribution >= 4 is 17.5 Å². The Balaban J connectivity index is 1.70. The van der Waals surface area contributed by atoms with Gasteiger partial charge in [-0.15, -0.1) is 0 Å². The molecule has 0 aliphatic carbocycles. The molecule has 142 valence electrons. The van der Waals surface area contributed by atoms with Crippen LogP contribution in [0.1, 0.15) is 40.1 Å². The number of benzene rings is 1. The van der Waals surface area contributed by atoms with Crippen LogP contribution in [0.15, 0.2) is 47.5 Å². The van der Waals surface area contributed by atoms with Crippen molar-refractivity contribution in [3.63, 3.8) is 0 Å². The summed E-state index contributed by atoms with van der Waals surface area (Å²) in [4.78, 5) is 36.9. The lowest BCUT2D eigenvalue weighted by Crippen LogP contribution is -2.44. The van der Waals surface area contributed by atoms with Crippen LogP contribution in [0.4, 0.5) is 5.69 Å². The highest BCUT2D eigenvalue weighted by Crippen LogP contribution is 2.54. The fourth-order valence-corrected chi connectivity index (χ4v) is 4.55. The average Bonchev–Trinajstić information content (AvgIpc) is 3.43. The first-order chi connectivity index (χ1) is 13.5. The van der Waals surface area contributed by atoms with Gasteiger partial charge in [-0.1, -0.05) is 18.2 Å². The van der Waals surface area contributed by atoms with Crippen molar-refractivity contribution in [1.82, 2.24) is 19.4 Å². The maximum Gasteiger partial charge on any atom is 0.276 e. The van der Waals surface area contributed by atoms with E-state index in [9.17, 15) is 9.59 Å². The Labute approximate surface area is 161 Å². The molecule has 1 aromatic carbocycles. The van der Waals surface area contributed by atoms with Crippen molar-refractivity contribution in [2.24, 2.45) is 7.05 Å². The number of nitrogens with zero attached hydrogens (tertiary/aromatic N) is 4. The number of imidazole rings is 1. The number of hydrogen-bond acceptors (Lipinski definition) is 5. The van der Waals surface area contributed by atoms with Gasteiger partial charge in [0.25, 0.3) is 5.91 Å². The minimum absolute atomic E-state index is 0.103. The van der Waals surface area contributed by atoms with Crippen LogP contribution in [0, 0.1) is 6.92 Å². The molecule has 2 aliphatic heterocycles. The fraction of sp³-hybridized carbons (Fsp3) is 0.300. The number of carbonyl (C=O) groups excluding carboxylic acids is 2. The van der Waals surface area contributed by atoms with E-state index in [0.717, 1.165) is 11.3 Å². The zero-order valence-electron chi connectivity index (χ0n) is 15.5. The number of hydrogen-bond donors (Lipinski definition) is 1. The van der Waals surface area contributed by atoms with Gasteiger partial charge >= 0.3 is 0 Å². The van der Waals surface area contributed by atoms with Crippen molar-refractivity contribution in [1.29, 1.82) is 0 Å². The lowest BCUT2D eigenvalue weighted by Gasteiger charge is -2.33. The van der Waals surface area contributed by atoms with Crippen molar-refractivity contribution in [3.8, 4) is 0 Å². The van der Waals surface area contributed by atoms with Crippen molar-refractivity contribution in [2.45, 2.75) is 24.8 Å². The predicted octanol–water partition coefficient (Wildman–Crippen LogP) is 2.19. The molecule has 1 saturated heterocycles. The summed E-state index contributed by atoms with van der Waals surface area (Å²) in [6.07, 6.45) is 5.28. The van der Waals surface area contributed by atoms with Crippen LogP contribution in [-0.4, -0.2) is 37.8 Å². The van der Waals surface area contributed by atoms with E-state index < -0.39 is 11.5 Å². The van der Waals surface area contributed by atoms with Gasteiger partial charge in [0.2, 0.25) is 5.91 Å². The molecule has 0 bridgehead atoms. The molecule has 4 heterocycles. The van der Waals surface area contributed by atoms with E-state index in [2.05, 4.69) is 15.3 Å². The summed E-state index contributed by atoms with van der Waals surface area (Å²) >= 11 is 0. The van der Waals surface area contributed by atoms with Crippen molar-refractivity contribution in [3.05, 3.63) is 65.9 Å². The molecule has 0 radical (unpaired) electrons. The fourth-order valence-electron chi connectivity index (χ4n) is 4.55. The van der Waals surface area contributed by atoms with Gasteiger partial charge in [-0.05, 0) is 25.0 Å². The van der Waals surface area contributed by atoms with Gasteiger partial charge in [-0.3, -0.25) is 9.59 Å². The summed E-state index contributed by atoms with van der Waals surface area (Å²) in [6.45, 7) is 2.13. The Bertz CT molecular complexity index is 1100. The first kappa shape index (κ1) is 16.7. The molecule has 1 fully saturated rings. The van der Waals surface area contributed by atoms with Gasteiger partial charge in [-0.25, -0.2) is 9.97 Å². The number of rotatable bonds is 2. The van der Waals surface area contributed by atoms with E-state index in [1.807, 2.05) is 42.1 Å². The molecule has 2 aromatic heterocycles. The molecule has 0 saturated carbocycles. The molecular formula is C20H19N5O3. The zero-order chi connectivity index (χ0) is 19.5. The summed E-state index contributed by atoms with van der Waals surface area (Å²) in [6, 6.07) is 7.12. The summed E-state index contributed by atoms with van der Waals surface area (Å²) in [5, 5.41) is 3.00. The third-order valence-electron chi connectivity index (χ3n) is 5.90. The maximum atomic E-state index is 13.3. The van der Waals surface area contributed by atoms with Gasteiger partial charge in [0.1, 0.15) is 23.0 Å². The van der Waals surface area contributed by atoms with E-state index >= 15 is 0 Å². The third kappa shape index (κ3) is 2.05. The lowest BCUT2D eigenvalue weighted by atomic mass is 9.74. The summed E-state index contributed by atoms with van der Waals surface area (Å²) in [5.74, 6) is 0.766. The quantitative estimate of drug-likeness (QED) is 0.739. The van der Waals surface area contributed by atoms with Crippen LogP contribution in [0.2, 0.25) is 0 Å². The smallest absolute Gasteiger partial charge is 0.276 e. The normalized spacial score (nSPS) is 23.3. The number of anilines is 1. The lowest BCUT2D eigenvalue weighted by molar-refractivity contribution is -0.121. The number of carbonyl (C=O) groups is 2. The SMILES string of the molecule is Cc1ocnc1C(=O)N1CC[C@]2(C(=O)Nc3ccccc32)[C@@H]1c1nccn1C. The number of nitrogens with one attached hydrogen (secondary N) is 1. The van der Waals surface area contributed by atoms with Gasteiger partial charge in [0.15, 0.2) is 12.1 Å². The van der Waals surface area contributed by atoms with E-state index in [1.54, 1.807) is 18.0 Å². The highest BCUT2D eigenvalue weighted by molar-refractivity contribution is 6.08. The van der Waals surface area contributed by atoms with Crippen LogP contribution in [0.3, 0.4) is 0 Å². The molecule has 2 atom stereocenters. The maximum absolute atomic E-state index is 13.3. The molecule has 2 aliphatic rings. The number of aryl methyl sites for hydroxylation is 2. The molecule has 28 heavy (non-hydrogen) atoms. The van der Waals surface area contributed by atoms with E-state index in [-0.39, 0.29) is 17.5 Å². The van der Waals surface area contributed by atoms with Gasteiger partial charge in [0, 0.05) is 31.7 Å². The van der Waals surface area contributed by atoms with E-state index in [4.69, 9.17) is 4.42 Å². The van der Waals surface area contributed by atoms with Gasteiger partial charge < -0.3 is 19.2 Å². The zero-order valence-corrected chi connectivity index (χ0v) is 15.5. The van der Waals surface area contributed by atoms with Crippen molar-refractivity contribution in [2.75, 3.05) is 11.9 Å². The molecule has 0 unspecified atom stereocenters. The Hall–Kier alpha value is -3.42. The Morgan fingerprint density at radius 1 is 1.32 bits per heavy atom. The second kappa shape index (κ2) is 5.79. The summed E-state index contributed by atoms with van der Waals surface area (Å²) in [7, 11) is 1.87. The molecule has 5 rings (SSSR count). The highest BCUT2D eigenvalue weighted by atomic mass is 16.3. The Morgan fingerprint density at radius 2 is 2.14 bits per heavy atom. The molecule has 8 heteroatoms. The van der Waals surface area contributed by atoms with Gasteiger partial charge in [-0.2, -0.15) is 0 Å². The topological polar surface area (TPSA) is 93.3 Å². The molecule has 3 aromatic rings. The Morgan fingerprint density at radius 3 is 2.86 bits per heavy atom. The number of amides is 2. The monoisotopic (exact) mass is 377 g/mol. The first-order valence-corrected chi connectivity index (χ1v) is 9.13.